The number of rotatable bonds is 12. The molecule has 3 N–H and O–H groups in total. The summed E-state index contributed by atoms with van der Waals surface area (Å²) in [5.41, 5.74) is 5.78. The number of hydrogen-bond donors (Lipinski definition) is 3. The number of carbonyl (C=O) groups excluding carboxylic acids is 1. The van der Waals surface area contributed by atoms with Crippen molar-refractivity contribution in [3.05, 3.63) is 98.0 Å². The van der Waals surface area contributed by atoms with Gasteiger partial charge in [0, 0.05) is 68.5 Å². The first-order chi connectivity index (χ1) is 30.8. The van der Waals surface area contributed by atoms with Crippen molar-refractivity contribution in [2.45, 2.75) is 50.5 Å². The first-order valence-corrected chi connectivity index (χ1v) is 24.2. The third-order valence-electron chi connectivity index (χ3n) is 12.3. The van der Waals surface area contributed by atoms with Gasteiger partial charge in [0.05, 0.1) is 53.0 Å². The second kappa shape index (κ2) is 18.3. The molecule has 6 heterocycles. The Balaban J connectivity index is 0.986. The number of anilines is 4. The Bertz CT molecular complexity index is 2690. The average molecular weight is 932 g/mol. The number of amides is 1. The molecule has 19 heteroatoms. The summed E-state index contributed by atoms with van der Waals surface area (Å²) in [7, 11) is -4.58. The maximum absolute atomic E-state index is 14.4. The van der Waals surface area contributed by atoms with Crippen molar-refractivity contribution in [2.75, 3.05) is 87.4 Å². The van der Waals surface area contributed by atoms with Crippen molar-refractivity contribution in [1.82, 2.24) is 19.6 Å². The van der Waals surface area contributed by atoms with E-state index in [2.05, 4.69) is 50.8 Å². The fourth-order valence-corrected chi connectivity index (χ4v) is 11.1. The predicted octanol–water partition coefficient (Wildman–Crippen LogP) is 7.84. The first kappa shape index (κ1) is 44.0. The van der Waals surface area contributed by atoms with Gasteiger partial charge in [-0.3, -0.25) is 19.8 Å². The number of nitro groups is 1. The highest BCUT2D eigenvalue weighted by Crippen LogP contribution is 2.46. The molecule has 0 saturated carbocycles. The normalized spacial score (nSPS) is 19.5. The van der Waals surface area contributed by atoms with Gasteiger partial charge in [0.15, 0.2) is 0 Å². The van der Waals surface area contributed by atoms with Crippen LogP contribution in [0.5, 0.6) is 5.88 Å². The summed E-state index contributed by atoms with van der Waals surface area (Å²) in [6, 6.07) is 17.5. The Morgan fingerprint density at radius 2 is 1.84 bits per heavy atom. The SMILES string of the molecule is CC1(C)CCC(CN2CCN(c3cc(N4CCCOc5nc6[nH]ccc6cc54)c(C(=O)NS(=O)(=O)c4ccc(NCC5COCCO5)c([N+](=O)[O-])c4)s3)CC2)=C(c2ccc(Cl)cc2)C1. The minimum atomic E-state index is -4.58. The predicted molar refractivity (Wildman–Crippen MR) is 249 cm³/mol. The Hall–Kier alpha value is -5.24. The Kier molecular flexibility index (Phi) is 12.6. The van der Waals surface area contributed by atoms with Crippen LogP contribution in [0.3, 0.4) is 0 Å². The molecule has 64 heavy (non-hydrogen) atoms. The maximum atomic E-state index is 14.4. The zero-order valence-corrected chi connectivity index (χ0v) is 38.1. The highest BCUT2D eigenvalue weighted by atomic mass is 35.5. The lowest BCUT2D eigenvalue weighted by molar-refractivity contribution is -0.384. The van der Waals surface area contributed by atoms with Crippen molar-refractivity contribution < 1.29 is 32.3 Å². The van der Waals surface area contributed by atoms with Crippen LogP contribution in [0.2, 0.25) is 5.02 Å². The van der Waals surface area contributed by atoms with E-state index < -0.39 is 31.4 Å². The van der Waals surface area contributed by atoms with E-state index in [4.69, 9.17) is 30.8 Å². The highest BCUT2D eigenvalue weighted by molar-refractivity contribution is 7.90. The van der Waals surface area contributed by atoms with Gasteiger partial charge in [0.25, 0.3) is 21.6 Å². The number of nitrogens with zero attached hydrogens (tertiary/aromatic N) is 5. The van der Waals surface area contributed by atoms with Crippen LogP contribution >= 0.6 is 22.9 Å². The molecule has 2 fully saturated rings. The molecular formula is C45H51ClN8O8S2. The van der Waals surface area contributed by atoms with Crippen LogP contribution in [-0.4, -0.2) is 112 Å². The number of ether oxygens (including phenoxy) is 3. The van der Waals surface area contributed by atoms with Crippen molar-refractivity contribution >= 4 is 83.2 Å². The molecule has 0 bridgehead atoms. The second-order valence-electron chi connectivity index (χ2n) is 17.4. The number of piperazine rings is 1. The van der Waals surface area contributed by atoms with Crippen molar-refractivity contribution in [3.8, 4) is 5.88 Å². The van der Waals surface area contributed by atoms with Gasteiger partial charge in [-0.05, 0) is 84.7 Å². The zero-order valence-electron chi connectivity index (χ0n) is 35.7. The van der Waals surface area contributed by atoms with E-state index >= 15 is 0 Å². The first-order valence-electron chi connectivity index (χ1n) is 21.6. The molecule has 1 unspecified atom stereocenters. The number of nitro benzene ring substituents is 1. The summed E-state index contributed by atoms with van der Waals surface area (Å²) in [6.45, 7) is 10.8. The number of hydrogen-bond acceptors (Lipinski definition) is 14. The third-order valence-corrected chi connectivity index (χ3v) is 15.1. The summed E-state index contributed by atoms with van der Waals surface area (Å²) < 4.78 is 47.3. The summed E-state index contributed by atoms with van der Waals surface area (Å²) in [5.74, 6) is -0.455. The summed E-state index contributed by atoms with van der Waals surface area (Å²) in [4.78, 5) is 40.3. The van der Waals surface area contributed by atoms with Crippen LogP contribution in [0.25, 0.3) is 16.6 Å². The van der Waals surface area contributed by atoms with Crippen molar-refractivity contribution in [2.24, 2.45) is 5.41 Å². The molecule has 9 rings (SSSR count). The molecule has 1 atom stereocenters. The molecule has 4 aliphatic rings. The van der Waals surface area contributed by atoms with Gasteiger partial charge >= 0.3 is 0 Å². The second-order valence-corrected chi connectivity index (χ2v) is 20.5. The highest BCUT2D eigenvalue weighted by Gasteiger charge is 2.33. The van der Waals surface area contributed by atoms with Gasteiger partial charge in [0.2, 0.25) is 5.88 Å². The number of aromatic nitrogens is 2. The monoisotopic (exact) mass is 930 g/mol. The van der Waals surface area contributed by atoms with Crippen molar-refractivity contribution in [3.63, 3.8) is 0 Å². The van der Waals surface area contributed by atoms with Gasteiger partial charge in [-0.2, -0.15) is 4.98 Å². The lowest BCUT2D eigenvalue weighted by Gasteiger charge is -2.39. The number of benzene rings is 2. The summed E-state index contributed by atoms with van der Waals surface area (Å²) in [6.07, 6.45) is 5.25. The molecule has 1 aliphatic carbocycles. The number of H-pyrrole nitrogens is 1. The van der Waals surface area contributed by atoms with Crippen LogP contribution in [0.1, 0.15) is 54.8 Å². The van der Waals surface area contributed by atoms with E-state index in [1.807, 2.05) is 35.2 Å². The van der Waals surface area contributed by atoms with E-state index in [-0.39, 0.29) is 28.6 Å². The fraction of sp³-hybridized carbons (Fsp3) is 0.422. The number of halogens is 1. The molecule has 3 aliphatic heterocycles. The van der Waals surface area contributed by atoms with Gasteiger partial charge in [-0.15, -0.1) is 11.3 Å². The number of pyridine rings is 1. The Morgan fingerprint density at radius 1 is 1.03 bits per heavy atom. The van der Waals surface area contributed by atoms with Crippen LogP contribution in [-0.2, 0) is 19.5 Å². The van der Waals surface area contributed by atoms with Crippen molar-refractivity contribution in [1.29, 1.82) is 0 Å². The molecule has 0 spiro atoms. The molecule has 3 aromatic heterocycles. The maximum Gasteiger partial charge on any atom is 0.293 e. The number of sulfonamides is 1. The lowest BCUT2D eigenvalue weighted by atomic mass is 9.72. The largest absolute Gasteiger partial charge is 0.476 e. The van der Waals surface area contributed by atoms with Gasteiger partial charge < -0.3 is 34.3 Å². The summed E-state index contributed by atoms with van der Waals surface area (Å²) in [5, 5.41) is 17.6. The summed E-state index contributed by atoms with van der Waals surface area (Å²) >= 11 is 7.48. The Labute approximate surface area is 380 Å². The smallest absolute Gasteiger partial charge is 0.293 e. The van der Waals surface area contributed by atoms with E-state index in [0.29, 0.717) is 75.4 Å². The van der Waals surface area contributed by atoms with Crippen LogP contribution in [0.15, 0.2) is 77.3 Å². The standard InChI is InChI=1S/C45H51ClN8O8S2/c1-45(2)12-10-31(35(25-45)29-4-6-32(46)7-5-29)27-51-15-17-52(18-16-51)40-24-38(53-14-3-19-62-44-39(53)22-30-11-13-47-42(30)49-44)41(63-40)43(55)50-64(58,59)34-8-9-36(37(23-34)54(56)57)48-26-33-28-60-20-21-61-33/h4-9,11,13,22-24,33,48H,3,10,12,14-21,25-28H2,1-2H3,(H,47,49)(H,50,55). The van der Waals surface area contributed by atoms with Gasteiger partial charge in [0.1, 0.15) is 21.9 Å². The van der Waals surface area contributed by atoms with Gasteiger partial charge in [-0.25, -0.2) is 13.1 Å². The topological polar surface area (TPSA) is 184 Å². The van der Waals surface area contributed by atoms with E-state index in [1.165, 1.54) is 40.2 Å². The number of aromatic amines is 1. The molecular weight excluding hydrogens is 880 g/mol. The molecule has 0 radical (unpaired) electrons. The number of fused-ring (bicyclic) bond motifs is 2. The number of carbonyl (C=O) groups is 1. The third kappa shape index (κ3) is 9.58. The van der Waals surface area contributed by atoms with E-state index in [9.17, 15) is 23.3 Å². The minimum Gasteiger partial charge on any atom is -0.476 e. The van der Waals surface area contributed by atoms with Crippen LogP contribution in [0.4, 0.5) is 27.8 Å². The molecule has 2 saturated heterocycles. The lowest BCUT2D eigenvalue weighted by Crippen LogP contribution is -2.47. The molecule has 338 valence electrons. The van der Waals surface area contributed by atoms with Crippen LogP contribution in [0, 0.1) is 15.5 Å². The quantitative estimate of drug-likeness (QED) is 0.0813. The molecule has 16 nitrogen and oxygen atoms in total. The molecule has 1 amide bonds. The average Bonchev–Trinajstić information content (AvgIpc) is 3.89. The van der Waals surface area contributed by atoms with Gasteiger partial charge in [-0.1, -0.05) is 43.2 Å². The molecule has 5 aromatic rings. The fourth-order valence-electron chi connectivity index (χ4n) is 8.85. The minimum absolute atomic E-state index is 0.114. The zero-order chi connectivity index (χ0) is 44.6. The van der Waals surface area contributed by atoms with Crippen LogP contribution < -0.4 is 24.6 Å². The number of allylic oxidation sites excluding steroid dienone is 1. The van der Waals surface area contributed by atoms with E-state index in [1.54, 1.807) is 6.20 Å². The molecule has 2 aromatic carbocycles. The van der Waals surface area contributed by atoms with E-state index in [0.717, 1.165) is 60.4 Å². The number of nitrogens with one attached hydrogen (secondary N) is 3. The number of thiophene rings is 1. The Morgan fingerprint density at radius 3 is 2.61 bits per heavy atom.